The number of aryl methyl sites for hydroxylation is 1. The molecule has 1 aromatic carbocycles. The minimum Gasteiger partial charge on any atom is -0.377 e. The molecule has 13 heavy (non-hydrogen) atoms. The molecular weight excluding hydrogens is 160 g/mol. The molecule has 1 unspecified atom stereocenters. The Balaban J connectivity index is 2.33. The van der Waals surface area contributed by atoms with Crippen molar-refractivity contribution in [2.45, 2.75) is 18.8 Å². The molecule has 2 heteroatoms. The molecule has 0 aliphatic heterocycles. The molecule has 1 aromatic rings. The van der Waals surface area contributed by atoms with E-state index in [2.05, 4.69) is 29.6 Å². The van der Waals surface area contributed by atoms with E-state index in [4.69, 9.17) is 5.41 Å². The average molecular weight is 174 g/mol. The summed E-state index contributed by atoms with van der Waals surface area (Å²) in [5.41, 5.74) is 2.74. The summed E-state index contributed by atoms with van der Waals surface area (Å²) in [5, 5.41) is 10.7. The molecule has 2 nitrogen and oxygen atoms in total. The highest BCUT2D eigenvalue weighted by Crippen LogP contribution is 2.32. The van der Waals surface area contributed by atoms with E-state index in [9.17, 15) is 0 Å². The number of nitrogens with one attached hydrogen (secondary N) is 2. The van der Waals surface area contributed by atoms with E-state index in [0.29, 0.717) is 11.8 Å². The first-order valence-electron chi connectivity index (χ1n) is 4.67. The number of benzene rings is 1. The van der Waals surface area contributed by atoms with Gasteiger partial charge in [-0.3, -0.25) is 5.41 Å². The van der Waals surface area contributed by atoms with E-state index in [1.54, 1.807) is 0 Å². The van der Waals surface area contributed by atoms with Gasteiger partial charge < -0.3 is 5.32 Å². The second kappa shape index (κ2) is 3.21. The molecule has 0 fully saturated rings. The van der Waals surface area contributed by atoms with Crippen molar-refractivity contribution in [1.82, 2.24) is 5.32 Å². The van der Waals surface area contributed by atoms with Crippen LogP contribution in [0.4, 0.5) is 0 Å². The molecule has 2 N–H and O–H groups in total. The molecule has 1 aliphatic carbocycles. The predicted octanol–water partition coefficient (Wildman–Crippen LogP) is 1.91. The fourth-order valence-electron chi connectivity index (χ4n) is 2.03. The Hall–Kier alpha value is -1.31. The summed E-state index contributed by atoms with van der Waals surface area (Å²) in [6.45, 7) is 0. The van der Waals surface area contributed by atoms with Crippen LogP contribution >= 0.6 is 0 Å². The van der Waals surface area contributed by atoms with Crippen LogP contribution < -0.4 is 5.32 Å². The fraction of sp³-hybridized carbons (Fsp3) is 0.364. The lowest BCUT2D eigenvalue weighted by atomic mass is 10.0. The Morgan fingerprint density at radius 3 is 3.00 bits per heavy atom. The standard InChI is InChI=1S/C11H14N2/c1-13-11(12)10-7-6-8-4-2-3-5-9(8)10/h2-5,10H,6-7H2,1H3,(H2,12,13). The molecule has 0 saturated heterocycles. The second-order valence-electron chi connectivity index (χ2n) is 3.45. The predicted molar refractivity (Wildman–Crippen MR) is 54.3 cm³/mol. The molecule has 1 aliphatic rings. The Labute approximate surface area is 78.5 Å². The largest absolute Gasteiger partial charge is 0.377 e. The van der Waals surface area contributed by atoms with Gasteiger partial charge in [0.1, 0.15) is 5.84 Å². The molecule has 0 heterocycles. The van der Waals surface area contributed by atoms with Crippen molar-refractivity contribution in [3.8, 4) is 0 Å². The third kappa shape index (κ3) is 1.32. The van der Waals surface area contributed by atoms with Crippen LogP contribution in [0.3, 0.4) is 0 Å². The topological polar surface area (TPSA) is 35.9 Å². The summed E-state index contributed by atoms with van der Waals surface area (Å²) in [5.74, 6) is 0.950. The molecular formula is C11H14N2. The molecule has 1 atom stereocenters. The number of fused-ring (bicyclic) bond motifs is 1. The zero-order chi connectivity index (χ0) is 9.26. The van der Waals surface area contributed by atoms with Crippen molar-refractivity contribution < 1.29 is 0 Å². The minimum absolute atomic E-state index is 0.307. The van der Waals surface area contributed by atoms with Crippen LogP contribution in [0, 0.1) is 5.41 Å². The monoisotopic (exact) mass is 174 g/mol. The lowest BCUT2D eigenvalue weighted by Crippen LogP contribution is -2.23. The lowest BCUT2D eigenvalue weighted by molar-refractivity contribution is 0.814. The Morgan fingerprint density at radius 2 is 2.23 bits per heavy atom. The molecule has 0 saturated carbocycles. The Kier molecular flexibility index (Phi) is 2.05. The zero-order valence-corrected chi connectivity index (χ0v) is 7.80. The van der Waals surface area contributed by atoms with Gasteiger partial charge in [0.15, 0.2) is 0 Å². The van der Waals surface area contributed by atoms with Gasteiger partial charge >= 0.3 is 0 Å². The van der Waals surface area contributed by atoms with Crippen molar-refractivity contribution in [2.75, 3.05) is 7.05 Å². The first-order chi connectivity index (χ1) is 6.33. The van der Waals surface area contributed by atoms with E-state index >= 15 is 0 Å². The van der Waals surface area contributed by atoms with E-state index in [0.717, 1.165) is 12.8 Å². The number of amidine groups is 1. The fourth-order valence-corrected chi connectivity index (χ4v) is 2.03. The van der Waals surface area contributed by atoms with Crippen molar-refractivity contribution in [1.29, 1.82) is 5.41 Å². The van der Waals surface area contributed by atoms with Gasteiger partial charge in [0, 0.05) is 13.0 Å². The molecule has 0 spiro atoms. The van der Waals surface area contributed by atoms with Gasteiger partial charge in [-0.15, -0.1) is 0 Å². The molecule has 68 valence electrons. The molecule has 0 radical (unpaired) electrons. The van der Waals surface area contributed by atoms with E-state index in [-0.39, 0.29) is 0 Å². The molecule has 0 amide bonds. The van der Waals surface area contributed by atoms with Crippen LogP contribution in [0.5, 0.6) is 0 Å². The maximum absolute atomic E-state index is 7.75. The van der Waals surface area contributed by atoms with E-state index < -0.39 is 0 Å². The van der Waals surface area contributed by atoms with Crippen LogP contribution in [0.1, 0.15) is 23.5 Å². The summed E-state index contributed by atoms with van der Waals surface area (Å²) in [6.07, 6.45) is 2.20. The maximum atomic E-state index is 7.75. The highest BCUT2D eigenvalue weighted by molar-refractivity contribution is 5.87. The lowest BCUT2D eigenvalue weighted by Gasteiger charge is -2.11. The number of rotatable bonds is 1. The summed E-state index contributed by atoms with van der Waals surface area (Å²) < 4.78 is 0. The van der Waals surface area contributed by atoms with E-state index in [1.165, 1.54) is 11.1 Å². The smallest absolute Gasteiger partial charge is 0.101 e. The van der Waals surface area contributed by atoms with Crippen molar-refractivity contribution in [3.05, 3.63) is 35.4 Å². The van der Waals surface area contributed by atoms with E-state index in [1.807, 2.05) is 7.05 Å². The average Bonchev–Trinajstić information content (AvgIpc) is 2.60. The summed E-state index contributed by atoms with van der Waals surface area (Å²) >= 11 is 0. The van der Waals surface area contributed by atoms with Gasteiger partial charge in [0.25, 0.3) is 0 Å². The van der Waals surface area contributed by atoms with Crippen molar-refractivity contribution in [2.24, 2.45) is 0 Å². The zero-order valence-electron chi connectivity index (χ0n) is 7.80. The quantitative estimate of drug-likeness (QED) is 0.495. The molecule has 0 bridgehead atoms. The second-order valence-corrected chi connectivity index (χ2v) is 3.45. The van der Waals surface area contributed by atoms with Crippen LogP contribution in [0.25, 0.3) is 0 Å². The number of hydrogen-bond acceptors (Lipinski definition) is 1. The van der Waals surface area contributed by atoms with Crippen LogP contribution in [-0.4, -0.2) is 12.9 Å². The number of hydrogen-bond donors (Lipinski definition) is 2. The van der Waals surface area contributed by atoms with Gasteiger partial charge in [-0.05, 0) is 24.0 Å². The number of likely N-dealkylation sites (N-methyl/N-ethyl adjacent to an activating group) is 1. The normalized spacial score (nSPS) is 19.6. The van der Waals surface area contributed by atoms with Gasteiger partial charge in [-0.1, -0.05) is 24.3 Å². The molecule has 0 aromatic heterocycles. The Bertz CT molecular complexity index is 331. The summed E-state index contributed by atoms with van der Waals surface area (Å²) in [6, 6.07) is 8.43. The first kappa shape index (κ1) is 8.30. The van der Waals surface area contributed by atoms with Gasteiger partial charge in [-0.2, -0.15) is 0 Å². The molecule has 2 rings (SSSR count). The highest BCUT2D eigenvalue weighted by atomic mass is 14.9. The minimum atomic E-state index is 0.307. The SMILES string of the molecule is CNC(=N)C1CCc2ccccc21. The first-order valence-corrected chi connectivity index (χ1v) is 4.67. The van der Waals surface area contributed by atoms with Gasteiger partial charge in [0.05, 0.1) is 0 Å². The van der Waals surface area contributed by atoms with Gasteiger partial charge in [0.2, 0.25) is 0 Å². The maximum Gasteiger partial charge on any atom is 0.101 e. The highest BCUT2D eigenvalue weighted by Gasteiger charge is 2.24. The summed E-state index contributed by atoms with van der Waals surface area (Å²) in [7, 11) is 1.82. The van der Waals surface area contributed by atoms with Crippen molar-refractivity contribution in [3.63, 3.8) is 0 Å². The Morgan fingerprint density at radius 1 is 1.46 bits per heavy atom. The van der Waals surface area contributed by atoms with Crippen LogP contribution in [0.2, 0.25) is 0 Å². The van der Waals surface area contributed by atoms with Crippen LogP contribution in [0.15, 0.2) is 24.3 Å². The van der Waals surface area contributed by atoms with Crippen molar-refractivity contribution >= 4 is 5.84 Å². The van der Waals surface area contributed by atoms with Crippen LogP contribution in [-0.2, 0) is 6.42 Å². The summed E-state index contributed by atoms with van der Waals surface area (Å²) in [4.78, 5) is 0. The third-order valence-corrected chi connectivity index (χ3v) is 2.75. The third-order valence-electron chi connectivity index (χ3n) is 2.75. The van der Waals surface area contributed by atoms with Gasteiger partial charge in [-0.25, -0.2) is 0 Å².